The SMILES string of the molecule is Cn1cc2c(c1C(=O)Nc1cccc(F)c1)CCC2N. The topological polar surface area (TPSA) is 60.0 Å². The number of hydrogen-bond acceptors (Lipinski definition) is 2. The Labute approximate surface area is 116 Å². The number of amides is 1. The van der Waals surface area contributed by atoms with Crippen LogP contribution in [0.4, 0.5) is 10.1 Å². The zero-order valence-corrected chi connectivity index (χ0v) is 11.2. The molecule has 1 aromatic carbocycles. The van der Waals surface area contributed by atoms with Crippen LogP contribution in [0, 0.1) is 5.82 Å². The smallest absolute Gasteiger partial charge is 0.272 e. The van der Waals surface area contributed by atoms with E-state index in [1.165, 1.54) is 12.1 Å². The summed E-state index contributed by atoms with van der Waals surface area (Å²) in [4.78, 5) is 12.4. The van der Waals surface area contributed by atoms with E-state index in [4.69, 9.17) is 5.73 Å². The van der Waals surface area contributed by atoms with Gasteiger partial charge in [0.2, 0.25) is 0 Å². The first-order chi connectivity index (χ1) is 9.56. The number of nitrogens with one attached hydrogen (secondary N) is 1. The minimum absolute atomic E-state index is 0.00641. The molecule has 1 heterocycles. The fraction of sp³-hybridized carbons (Fsp3) is 0.267. The lowest BCUT2D eigenvalue weighted by Gasteiger charge is -2.08. The van der Waals surface area contributed by atoms with E-state index >= 15 is 0 Å². The van der Waals surface area contributed by atoms with Gasteiger partial charge >= 0.3 is 0 Å². The molecule has 4 nitrogen and oxygen atoms in total. The number of rotatable bonds is 2. The summed E-state index contributed by atoms with van der Waals surface area (Å²) in [6.07, 6.45) is 3.59. The Morgan fingerprint density at radius 3 is 3.05 bits per heavy atom. The van der Waals surface area contributed by atoms with Gasteiger partial charge in [0.25, 0.3) is 5.91 Å². The number of hydrogen-bond donors (Lipinski definition) is 2. The predicted octanol–water partition coefficient (Wildman–Crippen LogP) is 2.36. The first kappa shape index (κ1) is 12.9. The van der Waals surface area contributed by atoms with Crippen molar-refractivity contribution >= 4 is 11.6 Å². The van der Waals surface area contributed by atoms with E-state index in [1.54, 1.807) is 16.7 Å². The van der Waals surface area contributed by atoms with Gasteiger partial charge in [-0.1, -0.05) is 6.07 Å². The first-order valence-electron chi connectivity index (χ1n) is 6.57. The van der Waals surface area contributed by atoms with Gasteiger partial charge in [-0.25, -0.2) is 4.39 Å². The van der Waals surface area contributed by atoms with Crippen LogP contribution in [0.1, 0.15) is 34.1 Å². The number of carbonyl (C=O) groups excluding carboxylic acids is 1. The maximum absolute atomic E-state index is 13.1. The molecule has 0 fully saturated rings. The van der Waals surface area contributed by atoms with Gasteiger partial charge in [0, 0.05) is 25.0 Å². The van der Waals surface area contributed by atoms with Crippen LogP contribution in [-0.4, -0.2) is 10.5 Å². The summed E-state index contributed by atoms with van der Waals surface area (Å²) < 4.78 is 14.9. The number of nitrogens with zero attached hydrogens (tertiary/aromatic N) is 1. The number of anilines is 1. The second-order valence-electron chi connectivity index (χ2n) is 5.13. The predicted molar refractivity (Wildman–Crippen MR) is 75.0 cm³/mol. The zero-order valence-electron chi connectivity index (χ0n) is 11.2. The van der Waals surface area contributed by atoms with Crippen LogP contribution in [0.5, 0.6) is 0 Å². The quantitative estimate of drug-likeness (QED) is 0.882. The Kier molecular flexibility index (Phi) is 3.06. The lowest BCUT2D eigenvalue weighted by Crippen LogP contribution is -2.17. The van der Waals surface area contributed by atoms with E-state index in [9.17, 15) is 9.18 Å². The highest BCUT2D eigenvalue weighted by molar-refractivity contribution is 6.04. The number of nitrogens with two attached hydrogens (primary N) is 1. The van der Waals surface area contributed by atoms with Crippen molar-refractivity contribution in [2.75, 3.05) is 5.32 Å². The summed E-state index contributed by atoms with van der Waals surface area (Å²) in [7, 11) is 1.82. The fourth-order valence-corrected chi connectivity index (χ4v) is 2.79. The molecule has 0 radical (unpaired) electrons. The largest absolute Gasteiger partial charge is 0.346 e. The van der Waals surface area contributed by atoms with Gasteiger partial charge in [0.05, 0.1) is 0 Å². The summed E-state index contributed by atoms with van der Waals surface area (Å²) in [6, 6.07) is 5.88. The molecule has 104 valence electrons. The first-order valence-corrected chi connectivity index (χ1v) is 6.57. The molecule has 1 aliphatic carbocycles. The van der Waals surface area contributed by atoms with Crippen molar-refractivity contribution in [3.8, 4) is 0 Å². The molecule has 1 amide bonds. The third-order valence-corrected chi connectivity index (χ3v) is 3.72. The normalized spacial score (nSPS) is 17.1. The van der Waals surface area contributed by atoms with Crippen LogP contribution in [0.15, 0.2) is 30.5 Å². The molecule has 1 aliphatic rings. The maximum atomic E-state index is 13.1. The van der Waals surface area contributed by atoms with Crippen molar-refractivity contribution in [3.05, 3.63) is 53.1 Å². The number of aromatic nitrogens is 1. The Bertz CT molecular complexity index is 678. The molecule has 0 aliphatic heterocycles. The van der Waals surface area contributed by atoms with Crippen LogP contribution in [-0.2, 0) is 13.5 Å². The van der Waals surface area contributed by atoms with Gasteiger partial charge in [-0.15, -0.1) is 0 Å². The molecule has 0 saturated heterocycles. The van der Waals surface area contributed by atoms with Crippen molar-refractivity contribution < 1.29 is 9.18 Å². The van der Waals surface area contributed by atoms with Gasteiger partial charge in [0.1, 0.15) is 11.5 Å². The molecule has 2 aromatic rings. The Balaban J connectivity index is 1.90. The van der Waals surface area contributed by atoms with E-state index in [0.29, 0.717) is 11.4 Å². The van der Waals surface area contributed by atoms with Gasteiger partial charge in [-0.3, -0.25) is 4.79 Å². The highest BCUT2D eigenvalue weighted by Crippen LogP contribution is 2.33. The molecule has 5 heteroatoms. The van der Waals surface area contributed by atoms with Crippen molar-refractivity contribution in [2.24, 2.45) is 12.8 Å². The van der Waals surface area contributed by atoms with E-state index in [1.807, 2.05) is 13.2 Å². The van der Waals surface area contributed by atoms with E-state index in [0.717, 1.165) is 24.0 Å². The number of halogens is 1. The van der Waals surface area contributed by atoms with E-state index < -0.39 is 0 Å². The third-order valence-electron chi connectivity index (χ3n) is 3.72. The number of carbonyl (C=O) groups is 1. The lowest BCUT2D eigenvalue weighted by molar-refractivity contribution is 0.101. The summed E-state index contributed by atoms with van der Waals surface area (Å²) in [6.45, 7) is 0. The zero-order chi connectivity index (χ0) is 14.3. The molecule has 20 heavy (non-hydrogen) atoms. The average Bonchev–Trinajstić information content (AvgIpc) is 2.89. The van der Waals surface area contributed by atoms with Crippen molar-refractivity contribution in [1.82, 2.24) is 4.57 Å². The minimum atomic E-state index is -0.373. The van der Waals surface area contributed by atoms with Crippen molar-refractivity contribution in [3.63, 3.8) is 0 Å². The molecular weight excluding hydrogens is 257 g/mol. The van der Waals surface area contributed by atoms with Crippen LogP contribution in [0.2, 0.25) is 0 Å². The summed E-state index contributed by atoms with van der Waals surface area (Å²) in [5, 5.41) is 2.73. The Hall–Kier alpha value is -2.14. The molecule has 0 bridgehead atoms. The van der Waals surface area contributed by atoms with Crippen molar-refractivity contribution in [2.45, 2.75) is 18.9 Å². The molecule has 0 saturated carbocycles. The molecular formula is C15H16FN3O. The minimum Gasteiger partial charge on any atom is -0.346 e. The highest BCUT2D eigenvalue weighted by Gasteiger charge is 2.28. The number of fused-ring (bicyclic) bond motifs is 1. The summed E-state index contributed by atoms with van der Waals surface area (Å²) in [5.41, 5.74) is 9.11. The van der Waals surface area contributed by atoms with Crippen molar-refractivity contribution in [1.29, 1.82) is 0 Å². The second kappa shape index (κ2) is 4.76. The average molecular weight is 273 g/mol. The second-order valence-corrected chi connectivity index (χ2v) is 5.13. The standard InChI is InChI=1S/C15H16FN3O/c1-19-8-12-11(5-6-13(12)17)14(19)15(20)18-10-4-2-3-9(16)7-10/h2-4,7-8,13H,5-6,17H2,1H3,(H,18,20). The summed E-state index contributed by atoms with van der Waals surface area (Å²) in [5.74, 6) is -0.601. The van der Waals surface area contributed by atoms with Crippen LogP contribution >= 0.6 is 0 Å². The molecule has 3 N–H and O–H groups in total. The number of benzene rings is 1. The number of aryl methyl sites for hydroxylation is 1. The summed E-state index contributed by atoms with van der Waals surface area (Å²) >= 11 is 0. The third kappa shape index (κ3) is 2.10. The van der Waals surface area contributed by atoms with Crippen LogP contribution in [0.3, 0.4) is 0 Å². The highest BCUT2D eigenvalue weighted by atomic mass is 19.1. The fourth-order valence-electron chi connectivity index (χ4n) is 2.79. The van der Waals surface area contributed by atoms with Gasteiger partial charge in [0.15, 0.2) is 0 Å². The molecule has 3 rings (SSSR count). The molecule has 0 spiro atoms. The van der Waals surface area contributed by atoms with E-state index in [-0.39, 0.29) is 17.8 Å². The molecule has 1 atom stereocenters. The van der Waals surface area contributed by atoms with Gasteiger partial charge in [-0.05, 0) is 42.2 Å². The van der Waals surface area contributed by atoms with Crippen LogP contribution < -0.4 is 11.1 Å². The monoisotopic (exact) mass is 273 g/mol. The Morgan fingerprint density at radius 1 is 1.50 bits per heavy atom. The molecule has 1 unspecified atom stereocenters. The van der Waals surface area contributed by atoms with Gasteiger partial charge in [-0.2, -0.15) is 0 Å². The lowest BCUT2D eigenvalue weighted by atomic mass is 10.1. The Morgan fingerprint density at radius 2 is 2.30 bits per heavy atom. The maximum Gasteiger partial charge on any atom is 0.272 e. The van der Waals surface area contributed by atoms with Crippen LogP contribution in [0.25, 0.3) is 0 Å². The van der Waals surface area contributed by atoms with E-state index in [2.05, 4.69) is 5.32 Å². The van der Waals surface area contributed by atoms with Gasteiger partial charge < -0.3 is 15.6 Å². The molecule has 1 aromatic heterocycles.